The number of fused-ring (bicyclic) bond motifs is 1. The molecule has 0 radical (unpaired) electrons. The van der Waals surface area contributed by atoms with E-state index < -0.39 is 0 Å². The molecule has 0 spiro atoms. The number of pyridine rings is 1. The second-order valence-electron chi connectivity index (χ2n) is 6.99. The molecule has 0 atom stereocenters. The molecule has 2 aromatic carbocycles. The summed E-state index contributed by atoms with van der Waals surface area (Å²) in [5.74, 6) is -0.0607. The number of hydrogen-bond acceptors (Lipinski definition) is 3. The topological polar surface area (TPSA) is 36.4 Å². The number of carbonyl (C=O) groups is 1. The maximum absolute atomic E-state index is 12.7. The van der Waals surface area contributed by atoms with Crippen molar-refractivity contribution in [1.82, 2.24) is 9.88 Å². The van der Waals surface area contributed by atoms with Crippen LogP contribution in [0.25, 0.3) is 0 Å². The number of amides is 1. The molecule has 3 aromatic rings. The van der Waals surface area contributed by atoms with Crippen LogP contribution in [0.1, 0.15) is 27.2 Å². The van der Waals surface area contributed by atoms with E-state index in [2.05, 4.69) is 34.1 Å². The minimum atomic E-state index is -0.0607. The van der Waals surface area contributed by atoms with Crippen molar-refractivity contribution in [2.45, 2.75) is 19.5 Å². The van der Waals surface area contributed by atoms with Gasteiger partial charge in [0.05, 0.1) is 11.9 Å². The largest absolute Gasteiger partial charge is 0.366 e. The molecule has 0 unspecified atom stereocenters. The minimum absolute atomic E-state index is 0.0607. The zero-order chi connectivity index (χ0) is 18.6. The molecule has 136 valence electrons. The van der Waals surface area contributed by atoms with Crippen molar-refractivity contribution in [3.05, 3.63) is 95.3 Å². The Kier molecular flexibility index (Phi) is 4.88. The molecule has 0 bridgehead atoms. The summed E-state index contributed by atoms with van der Waals surface area (Å²) in [6.45, 7) is 2.44. The lowest BCUT2D eigenvalue weighted by atomic mass is 10.00. The molecular weight excluding hydrogens is 334 g/mol. The number of anilines is 1. The highest BCUT2D eigenvalue weighted by Crippen LogP contribution is 2.24. The third kappa shape index (κ3) is 3.85. The van der Waals surface area contributed by atoms with Gasteiger partial charge < -0.3 is 9.80 Å². The lowest BCUT2D eigenvalue weighted by molar-refractivity contribution is 0.0779. The molecule has 27 heavy (non-hydrogen) atoms. The van der Waals surface area contributed by atoms with E-state index in [0.29, 0.717) is 12.2 Å². The van der Waals surface area contributed by atoms with Crippen LogP contribution in [-0.4, -0.2) is 29.4 Å². The summed E-state index contributed by atoms with van der Waals surface area (Å²) in [4.78, 5) is 21.1. The van der Waals surface area contributed by atoms with Gasteiger partial charge in [-0.1, -0.05) is 54.6 Å². The van der Waals surface area contributed by atoms with E-state index in [4.69, 9.17) is 0 Å². The van der Waals surface area contributed by atoms with E-state index in [1.165, 1.54) is 11.1 Å². The molecule has 2 heterocycles. The molecule has 1 aliphatic rings. The van der Waals surface area contributed by atoms with Crippen molar-refractivity contribution in [2.24, 2.45) is 0 Å². The first-order valence-electron chi connectivity index (χ1n) is 9.28. The first-order chi connectivity index (χ1) is 13.2. The van der Waals surface area contributed by atoms with Gasteiger partial charge in [-0.15, -0.1) is 0 Å². The number of benzene rings is 2. The van der Waals surface area contributed by atoms with Crippen LogP contribution in [-0.2, 0) is 19.5 Å². The van der Waals surface area contributed by atoms with Crippen LogP contribution < -0.4 is 4.90 Å². The molecule has 0 fully saturated rings. The average Bonchev–Trinajstić information content (AvgIpc) is 2.73. The maximum Gasteiger partial charge on any atom is 0.272 e. The second kappa shape index (κ2) is 7.62. The third-order valence-electron chi connectivity index (χ3n) is 5.07. The Morgan fingerprint density at radius 1 is 1.00 bits per heavy atom. The fourth-order valence-electron chi connectivity index (χ4n) is 3.54. The van der Waals surface area contributed by atoms with Gasteiger partial charge in [-0.25, -0.2) is 4.98 Å². The van der Waals surface area contributed by atoms with E-state index in [1.54, 1.807) is 4.90 Å². The van der Waals surface area contributed by atoms with Gasteiger partial charge in [-0.2, -0.15) is 0 Å². The molecule has 0 N–H and O–H groups in total. The number of carbonyl (C=O) groups excluding carboxylic acids is 1. The summed E-state index contributed by atoms with van der Waals surface area (Å²) in [6.07, 6.45) is 2.86. The summed E-state index contributed by atoms with van der Waals surface area (Å²) in [7, 11) is 1.81. The number of rotatable bonds is 4. The molecule has 1 aliphatic heterocycles. The SMILES string of the molecule is CN(Cc1ccccc1)C(=O)c1ccc(N2CCc3ccccc3C2)cn1. The molecule has 4 nitrogen and oxygen atoms in total. The molecule has 0 saturated heterocycles. The highest BCUT2D eigenvalue weighted by atomic mass is 16.2. The monoisotopic (exact) mass is 357 g/mol. The Morgan fingerprint density at radius 2 is 1.74 bits per heavy atom. The van der Waals surface area contributed by atoms with Crippen molar-refractivity contribution >= 4 is 11.6 Å². The summed E-state index contributed by atoms with van der Waals surface area (Å²) < 4.78 is 0. The minimum Gasteiger partial charge on any atom is -0.366 e. The van der Waals surface area contributed by atoms with Gasteiger partial charge in [-0.3, -0.25) is 4.79 Å². The van der Waals surface area contributed by atoms with Crippen LogP contribution in [0.4, 0.5) is 5.69 Å². The Morgan fingerprint density at radius 3 is 2.48 bits per heavy atom. The molecular formula is C23H23N3O. The zero-order valence-electron chi connectivity index (χ0n) is 15.5. The Balaban J connectivity index is 1.44. The Hall–Kier alpha value is -3.14. The van der Waals surface area contributed by atoms with E-state index in [9.17, 15) is 4.79 Å². The van der Waals surface area contributed by atoms with Gasteiger partial charge in [0.15, 0.2) is 0 Å². The van der Waals surface area contributed by atoms with Gasteiger partial charge in [0.1, 0.15) is 5.69 Å². The highest BCUT2D eigenvalue weighted by molar-refractivity contribution is 5.92. The number of hydrogen-bond donors (Lipinski definition) is 0. The van der Waals surface area contributed by atoms with Gasteiger partial charge in [-0.05, 0) is 35.2 Å². The van der Waals surface area contributed by atoms with Gasteiger partial charge in [0, 0.05) is 26.7 Å². The quantitative estimate of drug-likeness (QED) is 0.710. The van der Waals surface area contributed by atoms with Crippen molar-refractivity contribution in [3.8, 4) is 0 Å². The van der Waals surface area contributed by atoms with Gasteiger partial charge >= 0.3 is 0 Å². The van der Waals surface area contributed by atoms with Crippen molar-refractivity contribution in [2.75, 3.05) is 18.5 Å². The smallest absolute Gasteiger partial charge is 0.272 e. The number of aromatic nitrogens is 1. The van der Waals surface area contributed by atoms with Gasteiger partial charge in [0.2, 0.25) is 0 Å². The van der Waals surface area contributed by atoms with Crippen molar-refractivity contribution < 1.29 is 4.79 Å². The van der Waals surface area contributed by atoms with Gasteiger partial charge in [0.25, 0.3) is 5.91 Å². The van der Waals surface area contributed by atoms with E-state index in [-0.39, 0.29) is 5.91 Å². The average molecular weight is 357 g/mol. The van der Waals surface area contributed by atoms with Crippen LogP contribution in [0.3, 0.4) is 0 Å². The highest BCUT2D eigenvalue weighted by Gasteiger charge is 2.18. The summed E-state index contributed by atoms with van der Waals surface area (Å²) in [5.41, 5.74) is 5.45. The lowest BCUT2D eigenvalue weighted by Crippen LogP contribution is -2.31. The van der Waals surface area contributed by atoms with E-state index in [0.717, 1.165) is 30.8 Å². The Bertz CT molecular complexity index is 922. The predicted molar refractivity (Wildman–Crippen MR) is 108 cm³/mol. The summed E-state index contributed by atoms with van der Waals surface area (Å²) >= 11 is 0. The van der Waals surface area contributed by atoms with Crippen LogP contribution in [0, 0.1) is 0 Å². The standard InChI is InChI=1S/C23H23N3O/c1-25(16-18-7-3-2-4-8-18)23(27)22-12-11-21(15-24-22)26-14-13-19-9-5-6-10-20(19)17-26/h2-12,15H,13-14,16-17H2,1H3. The third-order valence-corrected chi connectivity index (χ3v) is 5.07. The summed E-state index contributed by atoms with van der Waals surface area (Å²) in [6, 6.07) is 22.4. The Labute approximate surface area is 160 Å². The summed E-state index contributed by atoms with van der Waals surface area (Å²) in [5, 5.41) is 0. The molecule has 1 amide bonds. The van der Waals surface area contributed by atoms with Crippen molar-refractivity contribution in [1.29, 1.82) is 0 Å². The van der Waals surface area contributed by atoms with Crippen molar-refractivity contribution in [3.63, 3.8) is 0 Å². The first-order valence-corrected chi connectivity index (χ1v) is 9.28. The van der Waals surface area contributed by atoms with Crippen LogP contribution in [0.2, 0.25) is 0 Å². The van der Waals surface area contributed by atoms with Crippen LogP contribution >= 0.6 is 0 Å². The molecule has 4 heteroatoms. The van der Waals surface area contributed by atoms with Crippen LogP contribution in [0.5, 0.6) is 0 Å². The fourth-order valence-corrected chi connectivity index (χ4v) is 3.54. The molecule has 4 rings (SSSR count). The predicted octanol–water partition coefficient (Wildman–Crippen LogP) is 3.92. The van der Waals surface area contributed by atoms with E-state index >= 15 is 0 Å². The second-order valence-corrected chi connectivity index (χ2v) is 6.99. The maximum atomic E-state index is 12.7. The number of nitrogens with zero attached hydrogens (tertiary/aromatic N) is 3. The molecule has 0 saturated carbocycles. The zero-order valence-corrected chi connectivity index (χ0v) is 15.5. The fraction of sp³-hybridized carbons (Fsp3) is 0.217. The van der Waals surface area contributed by atoms with E-state index in [1.807, 2.05) is 55.7 Å². The first kappa shape index (κ1) is 17.3. The normalized spacial score (nSPS) is 13.1. The van der Waals surface area contributed by atoms with Crippen LogP contribution in [0.15, 0.2) is 72.9 Å². The molecule has 1 aromatic heterocycles. The lowest BCUT2D eigenvalue weighted by Gasteiger charge is -2.30. The molecule has 0 aliphatic carbocycles.